The molecule has 9 nitrogen and oxygen atoms in total. The fraction of sp³-hybridized carbons (Fsp3) is 0.870. The van der Waals surface area contributed by atoms with Crippen molar-refractivity contribution in [3.8, 4) is 0 Å². The van der Waals surface area contributed by atoms with E-state index in [9.17, 15) is 9.59 Å². The van der Waals surface area contributed by atoms with E-state index in [0.717, 1.165) is 37.2 Å². The molecule has 0 bridgehead atoms. The summed E-state index contributed by atoms with van der Waals surface area (Å²) in [5, 5.41) is 9.79. The zero-order valence-corrected chi connectivity index (χ0v) is 21.1. The molecule has 0 aromatic rings. The molecule has 1 rings (SSSR count). The maximum atomic E-state index is 12.0. The average molecular weight is 490 g/mol. The number of nitrogens with one attached hydrogen (secondary N) is 3. The molecule has 1 aliphatic heterocycles. The predicted octanol–water partition coefficient (Wildman–Crippen LogP) is 1.72. The van der Waals surface area contributed by atoms with E-state index in [-0.39, 0.29) is 5.91 Å². The highest BCUT2D eigenvalue weighted by molar-refractivity contribution is 7.80. The van der Waals surface area contributed by atoms with Gasteiger partial charge in [-0.2, -0.15) is 0 Å². The smallest absolute Gasteiger partial charge is 0.222 e. The van der Waals surface area contributed by atoms with E-state index in [4.69, 9.17) is 31.2 Å². The van der Waals surface area contributed by atoms with E-state index in [2.05, 4.69) is 22.9 Å². The molecule has 0 radical (unpaired) electrons. The molecular weight excluding hydrogens is 446 g/mol. The third kappa shape index (κ3) is 16.9. The lowest BCUT2D eigenvalue weighted by Gasteiger charge is -2.13. The van der Waals surface area contributed by atoms with E-state index in [1.54, 1.807) is 7.05 Å². The first-order valence-electron chi connectivity index (χ1n) is 12.1. The zero-order chi connectivity index (χ0) is 24.2. The van der Waals surface area contributed by atoms with E-state index < -0.39 is 0 Å². The second-order valence-corrected chi connectivity index (χ2v) is 8.54. The molecular formula is C23H43N3O6S. The van der Waals surface area contributed by atoms with Gasteiger partial charge in [-0.05, 0) is 38.4 Å². The van der Waals surface area contributed by atoms with Gasteiger partial charge in [0, 0.05) is 45.0 Å². The van der Waals surface area contributed by atoms with Gasteiger partial charge >= 0.3 is 0 Å². The number of rotatable bonds is 22. The molecule has 0 aromatic heterocycles. The van der Waals surface area contributed by atoms with Crippen LogP contribution in [0, 0.1) is 0 Å². The first-order valence-corrected chi connectivity index (χ1v) is 12.5. The summed E-state index contributed by atoms with van der Waals surface area (Å²) in [5.74, 6) is 0.288. The van der Waals surface area contributed by atoms with Crippen LogP contribution in [-0.4, -0.2) is 88.8 Å². The van der Waals surface area contributed by atoms with Gasteiger partial charge in [-0.3, -0.25) is 9.59 Å². The van der Waals surface area contributed by atoms with Crippen LogP contribution in [0.4, 0.5) is 0 Å². The summed E-state index contributed by atoms with van der Waals surface area (Å²) >= 11 is 5.13. The fourth-order valence-electron chi connectivity index (χ4n) is 3.38. The van der Waals surface area contributed by atoms with E-state index in [1.807, 2.05) is 0 Å². The highest BCUT2D eigenvalue weighted by Gasteiger charge is 2.24. The van der Waals surface area contributed by atoms with Crippen LogP contribution in [0.2, 0.25) is 0 Å². The molecule has 2 atom stereocenters. The van der Waals surface area contributed by atoms with Crippen LogP contribution < -0.4 is 16.0 Å². The second-order valence-electron chi connectivity index (χ2n) is 8.13. The zero-order valence-electron chi connectivity index (χ0n) is 20.3. The summed E-state index contributed by atoms with van der Waals surface area (Å²) in [6.07, 6.45) is 6.59. The Labute approximate surface area is 204 Å². The molecule has 33 heavy (non-hydrogen) atoms. The van der Waals surface area contributed by atoms with Gasteiger partial charge in [0.1, 0.15) is 5.78 Å². The molecule has 1 heterocycles. The van der Waals surface area contributed by atoms with Gasteiger partial charge in [-0.1, -0.05) is 12.8 Å². The number of hydrogen-bond acceptors (Lipinski definition) is 7. The van der Waals surface area contributed by atoms with Gasteiger partial charge in [-0.25, -0.2) is 0 Å². The third-order valence-corrected chi connectivity index (χ3v) is 5.60. The Bertz CT molecular complexity index is 552. The fourth-order valence-corrected chi connectivity index (χ4v) is 3.71. The molecule has 0 aliphatic carbocycles. The number of unbranched alkanes of at least 4 members (excludes halogenated alkanes) is 2. The number of thiocarbonyl (C=S) groups is 1. The van der Waals surface area contributed by atoms with Crippen LogP contribution in [-0.2, 0) is 28.5 Å². The van der Waals surface area contributed by atoms with Crippen LogP contribution in [0.3, 0.4) is 0 Å². The maximum Gasteiger partial charge on any atom is 0.222 e. The molecule has 1 aliphatic rings. The summed E-state index contributed by atoms with van der Waals surface area (Å²) in [7, 11) is 1.60. The topological polar surface area (TPSA) is 107 Å². The number of ether oxygens (including phenoxy) is 4. The van der Waals surface area contributed by atoms with Crippen molar-refractivity contribution in [3.05, 3.63) is 0 Å². The van der Waals surface area contributed by atoms with Gasteiger partial charge in [0.15, 0.2) is 5.11 Å². The maximum absolute atomic E-state index is 12.0. The van der Waals surface area contributed by atoms with Gasteiger partial charge in [0.2, 0.25) is 5.91 Å². The third-order valence-electron chi connectivity index (χ3n) is 5.36. The lowest BCUT2D eigenvalue weighted by Crippen LogP contribution is -2.30. The molecule has 1 fully saturated rings. The minimum atomic E-state index is -0.0317. The Morgan fingerprint density at radius 3 is 1.94 bits per heavy atom. The Balaban J connectivity index is 1.75. The van der Waals surface area contributed by atoms with Crippen molar-refractivity contribution in [2.75, 3.05) is 59.9 Å². The molecule has 10 heteroatoms. The van der Waals surface area contributed by atoms with Crippen LogP contribution in [0.1, 0.15) is 58.3 Å². The van der Waals surface area contributed by atoms with Crippen molar-refractivity contribution in [1.29, 1.82) is 0 Å². The predicted molar refractivity (Wildman–Crippen MR) is 131 cm³/mol. The molecule has 0 unspecified atom stereocenters. The molecule has 3 N–H and O–H groups in total. The largest absolute Gasteiger partial charge is 0.379 e. The number of amides is 1. The van der Waals surface area contributed by atoms with Gasteiger partial charge in [-0.15, -0.1) is 0 Å². The Morgan fingerprint density at radius 2 is 1.36 bits per heavy atom. The van der Waals surface area contributed by atoms with Crippen molar-refractivity contribution >= 4 is 29.0 Å². The number of carbonyl (C=O) groups excluding carboxylic acids is 2. The summed E-state index contributed by atoms with van der Waals surface area (Å²) in [6, 6.07) is 0.796. The van der Waals surface area contributed by atoms with Crippen LogP contribution in [0.25, 0.3) is 0 Å². The van der Waals surface area contributed by atoms with E-state index in [1.165, 1.54) is 0 Å². The van der Waals surface area contributed by atoms with E-state index in [0.29, 0.717) is 90.0 Å². The monoisotopic (exact) mass is 489 g/mol. The molecule has 1 saturated heterocycles. The van der Waals surface area contributed by atoms with Crippen LogP contribution in [0.5, 0.6) is 0 Å². The summed E-state index contributed by atoms with van der Waals surface area (Å²) < 4.78 is 21.6. The summed E-state index contributed by atoms with van der Waals surface area (Å²) in [5.41, 5.74) is 0. The van der Waals surface area contributed by atoms with Crippen LogP contribution in [0.15, 0.2) is 0 Å². The minimum absolute atomic E-state index is 0.0317. The molecule has 1 amide bonds. The number of hydrogen-bond donors (Lipinski definition) is 3. The van der Waals surface area contributed by atoms with E-state index >= 15 is 0 Å². The van der Waals surface area contributed by atoms with Crippen LogP contribution >= 0.6 is 12.2 Å². The number of ketones is 1. The summed E-state index contributed by atoms with van der Waals surface area (Å²) in [6.45, 7) is 6.07. The Hall–Kier alpha value is -1.33. The SMILES string of the molecule is CNC(=O)CCOCCOCCOCCOCCCC(=O)CCCCC[C@H]1NC(=S)N[C@H]1C. The van der Waals surface area contributed by atoms with Gasteiger partial charge in [0.05, 0.1) is 46.2 Å². The van der Waals surface area contributed by atoms with Crippen molar-refractivity contribution in [2.24, 2.45) is 0 Å². The van der Waals surface area contributed by atoms with Gasteiger partial charge in [0.25, 0.3) is 0 Å². The Kier molecular flexibility index (Phi) is 18.1. The molecule has 0 aromatic carbocycles. The lowest BCUT2D eigenvalue weighted by molar-refractivity contribution is -0.122. The number of Topliss-reactive ketones (excluding diaryl/α,β-unsaturated/α-hetero) is 1. The summed E-state index contributed by atoms with van der Waals surface area (Å²) in [4.78, 5) is 23.0. The normalized spacial score (nSPS) is 17.6. The highest BCUT2D eigenvalue weighted by atomic mass is 32.1. The number of carbonyl (C=O) groups is 2. The minimum Gasteiger partial charge on any atom is -0.379 e. The van der Waals surface area contributed by atoms with Crippen molar-refractivity contribution in [3.63, 3.8) is 0 Å². The quantitative estimate of drug-likeness (QED) is 0.155. The molecule has 0 saturated carbocycles. The first kappa shape index (κ1) is 29.7. The molecule has 0 spiro atoms. The molecule has 192 valence electrons. The highest BCUT2D eigenvalue weighted by Crippen LogP contribution is 2.12. The standard InChI is InChI=1S/C23H43N3O6S/c1-19-21(26-23(33)25-19)9-5-3-4-7-20(27)8-6-11-29-13-15-31-17-18-32-16-14-30-12-10-22(28)24-2/h19,21H,3-18H2,1-2H3,(H,24,28)(H2,25,26,33)/t19-,21+/m0/s1. The first-order chi connectivity index (χ1) is 16.0. The lowest BCUT2D eigenvalue weighted by atomic mass is 10.0. The van der Waals surface area contributed by atoms with Crippen molar-refractivity contribution in [2.45, 2.75) is 70.4 Å². The van der Waals surface area contributed by atoms with Gasteiger partial charge < -0.3 is 34.9 Å². The average Bonchev–Trinajstić information content (AvgIpc) is 3.12. The second kappa shape index (κ2) is 20.1. The van der Waals surface area contributed by atoms with Crippen molar-refractivity contribution in [1.82, 2.24) is 16.0 Å². The Morgan fingerprint density at radius 1 is 0.788 bits per heavy atom. The van der Waals surface area contributed by atoms with Crippen molar-refractivity contribution < 1.29 is 28.5 Å².